The van der Waals surface area contributed by atoms with E-state index in [2.05, 4.69) is 48.7 Å². The molecule has 1 aromatic rings. The van der Waals surface area contributed by atoms with Gasteiger partial charge in [0.15, 0.2) is 5.96 Å². The molecular weight excluding hydrogens is 493 g/mol. The Morgan fingerprint density at radius 1 is 1.23 bits per heavy atom. The number of carbonyl (C=O) groups is 1. The number of aliphatic imine (C=N–C) groups is 1. The van der Waals surface area contributed by atoms with Crippen molar-refractivity contribution in [2.24, 2.45) is 16.6 Å². The molecule has 2 fully saturated rings. The first-order valence-electron chi connectivity index (χ1n) is 10.8. The molecule has 4 N–H and O–H groups in total. The van der Waals surface area contributed by atoms with Crippen LogP contribution < -0.4 is 16.4 Å². The fraction of sp³-hybridized carbons (Fsp3) is 0.636. The van der Waals surface area contributed by atoms with E-state index in [1.54, 1.807) is 4.90 Å². The number of guanidine groups is 1. The lowest BCUT2D eigenvalue weighted by Crippen LogP contribution is -2.50. The number of urea groups is 1. The predicted octanol–water partition coefficient (Wildman–Crippen LogP) is 3.18. The van der Waals surface area contributed by atoms with E-state index in [0.717, 1.165) is 51.3 Å². The minimum Gasteiger partial charge on any atom is -0.373 e. The van der Waals surface area contributed by atoms with Gasteiger partial charge in [0.25, 0.3) is 0 Å². The van der Waals surface area contributed by atoms with Crippen LogP contribution in [-0.4, -0.2) is 55.7 Å². The van der Waals surface area contributed by atoms with E-state index in [-0.39, 0.29) is 36.1 Å². The van der Waals surface area contributed by atoms with E-state index < -0.39 is 0 Å². The van der Waals surface area contributed by atoms with Crippen LogP contribution in [0.2, 0.25) is 0 Å². The second-order valence-electron chi connectivity index (χ2n) is 8.07. The summed E-state index contributed by atoms with van der Waals surface area (Å²) in [6.07, 6.45) is 4.07. The fourth-order valence-electron chi connectivity index (χ4n) is 4.12. The molecule has 8 heteroatoms. The number of piperidine rings is 1. The van der Waals surface area contributed by atoms with Gasteiger partial charge in [0.2, 0.25) is 0 Å². The number of carbonyl (C=O) groups excluding carboxylic acids is 1. The van der Waals surface area contributed by atoms with Crippen LogP contribution in [0.5, 0.6) is 0 Å². The highest BCUT2D eigenvalue weighted by molar-refractivity contribution is 14.0. The van der Waals surface area contributed by atoms with Crippen molar-refractivity contribution in [2.45, 2.75) is 51.7 Å². The van der Waals surface area contributed by atoms with Gasteiger partial charge >= 0.3 is 6.03 Å². The van der Waals surface area contributed by atoms with Crippen LogP contribution in [0, 0.1) is 12.8 Å². The molecule has 2 amide bonds. The molecular formula is C22H36IN5O2. The molecule has 0 aromatic heterocycles. The van der Waals surface area contributed by atoms with Gasteiger partial charge in [-0.1, -0.05) is 29.8 Å². The van der Waals surface area contributed by atoms with E-state index in [1.807, 2.05) is 0 Å². The summed E-state index contributed by atoms with van der Waals surface area (Å²) in [5, 5.41) is 6.90. The molecule has 0 aliphatic carbocycles. The number of rotatable bonds is 5. The van der Waals surface area contributed by atoms with Crippen LogP contribution in [0.1, 0.15) is 49.8 Å². The van der Waals surface area contributed by atoms with Crippen molar-refractivity contribution in [1.29, 1.82) is 0 Å². The second kappa shape index (κ2) is 12.3. The predicted molar refractivity (Wildman–Crippen MR) is 131 cm³/mol. The van der Waals surface area contributed by atoms with Crippen LogP contribution in [0.3, 0.4) is 0 Å². The third-order valence-electron chi connectivity index (χ3n) is 5.83. The third kappa shape index (κ3) is 7.01. The van der Waals surface area contributed by atoms with Crippen molar-refractivity contribution in [3.63, 3.8) is 0 Å². The quantitative estimate of drug-likeness (QED) is 0.311. The summed E-state index contributed by atoms with van der Waals surface area (Å²) in [4.78, 5) is 17.9. The van der Waals surface area contributed by atoms with Crippen molar-refractivity contribution in [3.8, 4) is 0 Å². The number of nitrogens with two attached hydrogens (primary N) is 1. The first-order valence-corrected chi connectivity index (χ1v) is 10.8. The number of likely N-dealkylation sites (tertiary alicyclic amines) is 1. The average molecular weight is 529 g/mol. The Kier molecular flexibility index (Phi) is 10.2. The van der Waals surface area contributed by atoms with Gasteiger partial charge in [0.1, 0.15) is 0 Å². The zero-order valence-electron chi connectivity index (χ0n) is 18.1. The molecule has 30 heavy (non-hydrogen) atoms. The smallest absolute Gasteiger partial charge is 0.314 e. The molecule has 3 rings (SSSR count). The van der Waals surface area contributed by atoms with Gasteiger partial charge in [-0.25, -0.2) is 4.79 Å². The summed E-state index contributed by atoms with van der Waals surface area (Å²) in [6.45, 7) is 7.93. The molecule has 0 bridgehead atoms. The second-order valence-corrected chi connectivity index (χ2v) is 8.07. The highest BCUT2D eigenvalue weighted by Crippen LogP contribution is 2.34. The van der Waals surface area contributed by atoms with Crippen molar-refractivity contribution in [2.75, 3.05) is 32.8 Å². The van der Waals surface area contributed by atoms with Gasteiger partial charge < -0.3 is 26.0 Å². The van der Waals surface area contributed by atoms with Crippen LogP contribution >= 0.6 is 24.0 Å². The Hall–Kier alpha value is -1.55. The number of ether oxygens (including phenoxy) is 1. The number of amides is 2. The first kappa shape index (κ1) is 24.7. The van der Waals surface area contributed by atoms with Gasteiger partial charge in [0.05, 0.1) is 6.10 Å². The molecule has 2 aliphatic heterocycles. The van der Waals surface area contributed by atoms with Gasteiger partial charge in [0, 0.05) is 44.7 Å². The van der Waals surface area contributed by atoms with Crippen molar-refractivity contribution in [3.05, 3.63) is 35.4 Å². The SMILES string of the molecule is CCNC(=NCC1CCCOC1c1ccc(C)cc1)NC1CCN(C(N)=O)CC1.I. The van der Waals surface area contributed by atoms with Gasteiger partial charge in [-0.05, 0) is 45.1 Å². The van der Waals surface area contributed by atoms with Gasteiger partial charge in [-0.15, -0.1) is 24.0 Å². The number of primary amides is 1. The van der Waals surface area contributed by atoms with E-state index >= 15 is 0 Å². The zero-order valence-corrected chi connectivity index (χ0v) is 20.4. The lowest BCUT2D eigenvalue weighted by molar-refractivity contribution is -0.0250. The van der Waals surface area contributed by atoms with Crippen LogP contribution in [0.15, 0.2) is 29.3 Å². The number of halogens is 1. The molecule has 7 nitrogen and oxygen atoms in total. The maximum atomic E-state index is 11.3. The highest BCUT2D eigenvalue weighted by Gasteiger charge is 2.28. The Balaban J connectivity index is 0.00000320. The van der Waals surface area contributed by atoms with E-state index in [0.29, 0.717) is 25.0 Å². The molecule has 0 radical (unpaired) electrons. The summed E-state index contributed by atoms with van der Waals surface area (Å²) < 4.78 is 6.13. The van der Waals surface area contributed by atoms with Crippen LogP contribution in [-0.2, 0) is 4.74 Å². The minimum absolute atomic E-state index is 0. The summed E-state index contributed by atoms with van der Waals surface area (Å²) in [6, 6.07) is 8.63. The molecule has 2 heterocycles. The van der Waals surface area contributed by atoms with Crippen molar-refractivity contribution < 1.29 is 9.53 Å². The summed E-state index contributed by atoms with van der Waals surface area (Å²) in [5.74, 6) is 1.22. The number of nitrogens with zero attached hydrogens (tertiary/aromatic N) is 2. The maximum Gasteiger partial charge on any atom is 0.314 e. The first-order chi connectivity index (χ1) is 14.1. The van der Waals surface area contributed by atoms with Gasteiger partial charge in [-0.2, -0.15) is 0 Å². The Morgan fingerprint density at radius 2 is 1.93 bits per heavy atom. The van der Waals surface area contributed by atoms with Crippen molar-refractivity contribution >= 4 is 36.0 Å². The highest BCUT2D eigenvalue weighted by atomic mass is 127. The Morgan fingerprint density at radius 3 is 2.57 bits per heavy atom. The number of aryl methyl sites for hydroxylation is 1. The Bertz CT molecular complexity index is 689. The monoisotopic (exact) mass is 529 g/mol. The lowest BCUT2D eigenvalue weighted by Gasteiger charge is -2.33. The normalized spacial score (nSPS) is 22.9. The average Bonchev–Trinajstić information content (AvgIpc) is 2.73. The number of nitrogens with one attached hydrogen (secondary N) is 2. The van der Waals surface area contributed by atoms with Gasteiger partial charge in [-0.3, -0.25) is 4.99 Å². The number of hydrogen-bond donors (Lipinski definition) is 3. The molecule has 1 aromatic carbocycles. The van der Waals surface area contributed by atoms with Crippen molar-refractivity contribution in [1.82, 2.24) is 15.5 Å². The molecule has 2 unspecified atom stereocenters. The number of benzene rings is 1. The molecule has 2 aliphatic rings. The topological polar surface area (TPSA) is 92.0 Å². The summed E-state index contributed by atoms with van der Waals surface area (Å²) >= 11 is 0. The molecule has 168 valence electrons. The Labute approximate surface area is 197 Å². The lowest BCUT2D eigenvalue weighted by atomic mass is 9.89. The fourth-order valence-corrected chi connectivity index (χ4v) is 4.12. The van der Waals surface area contributed by atoms with E-state index in [1.165, 1.54) is 11.1 Å². The summed E-state index contributed by atoms with van der Waals surface area (Å²) in [5.41, 5.74) is 7.89. The maximum absolute atomic E-state index is 11.3. The largest absolute Gasteiger partial charge is 0.373 e. The standard InChI is InChI=1S/C22H35N5O2.HI/c1-3-24-22(26-19-10-12-27(13-11-19)21(23)28)25-15-18-5-4-14-29-20(18)17-8-6-16(2)7-9-17;/h6-9,18-20H,3-5,10-15H2,1-2H3,(H2,23,28)(H2,24,25,26);1H. The molecule has 2 atom stereocenters. The summed E-state index contributed by atoms with van der Waals surface area (Å²) in [7, 11) is 0. The molecule has 0 saturated carbocycles. The number of hydrogen-bond acceptors (Lipinski definition) is 3. The van der Waals surface area contributed by atoms with E-state index in [9.17, 15) is 4.79 Å². The zero-order chi connectivity index (χ0) is 20.6. The molecule has 0 spiro atoms. The molecule has 2 saturated heterocycles. The third-order valence-corrected chi connectivity index (χ3v) is 5.83. The van der Waals surface area contributed by atoms with Crippen LogP contribution in [0.25, 0.3) is 0 Å². The minimum atomic E-state index is -0.330. The van der Waals surface area contributed by atoms with Crippen LogP contribution in [0.4, 0.5) is 4.79 Å². The van der Waals surface area contributed by atoms with E-state index in [4.69, 9.17) is 15.5 Å².